The maximum atomic E-state index is 14.3. The Labute approximate surface area is 179 Å². The van der Waals surface area contributed by atoms with Crippen molar-refractivity contribution in [1.29, 1.82) is 0 Å². The van der Waals surface area contributed by atoms with Crippen molar-refractivity contribution < 1.29 is 18.3 Å². The minimum atomic E-state index is -0.613. The van der Waals surface area contributed by atoms with Gasteiger partial charge in [-0.05, 0) is 17.7 Å². The van der Waals surface area contributed by atoms with Crippen LogP contribution in [0.4, 0.5) is 18.7 Å². The number of halogens is 4. The van der Waals surface area contributed by atoms with Gasteiger partial charge in [-0.1, -0.05) is 34.5 Å². The first kappa shape index (κ1) is 21.5. The van der Waals surface area contributed by atoms with Crippen LogP contribution in [0.1, 0.15) is 5.56 Å². The van der Waals surface area contributed by atoms with Gasteiger partial charge in [-0.15, -0.1) is 0 Å². The zero-order chi connectivity index (χ0) is 21.0. The SMILES string of the molecule is NCCNC(=O)Nc1nc2cc(F)c(OCCc3c(Cl)ccc(F)c3Cl)cc2s1. The van der Waals surface area contributed by atoms with Gasteiger partial charge in [-0.2, -0.15) is 0 Å². The van der Waals surface area contributed by atoms with Crippen molar-refractivity contribution in [2.45, 2.75) is 6.42 Å². The number of carbonyl (C=O) groups is 1. The van der Waals surface area contributed by atoms with Crippen LogP contribution in [0.2, 0.25) is 10.0 Å². The minimum absolute atomic E-state index is 0.00364. The molecule has 0 atom stereocenters. The third kappa shape index (κ3) is 5.24. The summed E-state index contributed by atoms with van der Waals surface area (Å²) in [5, 5.41) is 5.65. The molecule has 6 nitrogen and oxygen atoms in total. The highest BCUT2D eigenvalue weighted by molar-refractivity contribution is 7.22. The fourth-order valence-corrected chi connectivity index (χ4v) is 3.91. The highest BCUT2D eigenvalue weighted by atomic mass is 35.5. The van der Waals surface area contributed by atoms with Crippen molar-refractivity contribution >= 4 is 55.9 Å². The van der Waals surface area contributed by atoms with Crippen molar-refractivity contribution in [3.63, 3.8) is 0 Å². The van der Waals surface area contributed by atoms with Crippen LogP contribution in [0.25, 0.3) is 10.2 Å². The Kier molecular flexibility index (Phi) is 7.07. The third-order valence-corrected chi connectivity index (χ3v) is 5.54. The zero-order valence-electron chi connectivity index (χ0n) is 14.9. The van der Waals surface area contributed by atoms with Gasteiger partial charge in [0.1, 0.15) is 5.82 Å². The Bertz CT molecular complexity index is 1050. The van der Waals surface area contributed by atoms with E-state index < -0.39 is 17.7 Å². The standard InChI is InChI=1S/C18H16Cl2F2N4O2S/c19-10-1-2-11(21)16(20)9(10)3-6-28-14-8-15-13(7-12(14)22)25-18(29-15)26-17(27)24-5-4-23/h1-2,7-8H,3-6,23H2,(H2,24,25,26,27). The first-order valence-electron chi connectivity index (χ1n) is 8.49. The van der Waals surface area contributed by atoms with E-state index in [1.54, 1.807) is 0 Å². The van der Waals surface area contributed by atoms with Gasteiger partial charge in [-0.25, -0.2) is 18.6 Å². The van der Waals surface area contributed by atoms with E-state index in [0.717, 1.165) is 0 Å². The van der Waals surface area contributed by atoms with Crippen LogP contribution in [0.3, 0.4) is 0 Å². The Hall–Kier alpha value is -2.20. The number of nitrogens with zero attached hydrogens (tertiary/aromatic N) is 1. The van der Waals surface area contributed by atoms with E-state index in [2.05, 4.69) is 15.6 Å². The molecule has 0 aliphatic carbocycles. The highest BCUT2D eigenvalue weighted by Crippen LogP contribution is 2.32. The number of carbonyl (C=O) groups excluding carboxylic acids is 1. The minimum Gasteiger partial charge on any atom is -0.490 e. The molecule has 29 heavy (non-hydrogen) atoms. The van der Waals surface area contributed by atoms with E-state index in [4.69, 9.17) is 33.7 Å². The van der Waals surface area contributed by atoms with Crippen LogP contribution in [0.15, 0.2) is 24.3 Å². The second-order valence-electron chi connectivity index (χ2n) is 5.86. The molecule has 0 unspecified atom stereocenters. The maximum Gasteiger partial charge on any atom is 0.321 e. The molecule has 4 N–H and O–H groups in total. The maximum absolute atomic E-state index is 14.3. The van der Waals surface area contributed by atoms with Gasteiger partial charge < -0.3 is 15.8 Å². The Morgan fingerprint density at radius 1 is 1.24 bits per heavy atom. The molecule has 0 fully saturated rings. The first-order valence-corrected chi connectivity index (χ1v) is 10.1. The predicted molar refractivity (Wildman–Crippen MR) is 111 cm³/mol. The van der Waals surface area contributed by atoms with Crippen molar-refractivity contribution in [2.24, 2.45) is 5.73 Å². The fourth-order valence-electron chi connectivity index (χ4n) is 2.48. The second-order valence-corrected chi connectivity index (χ2v) is 7.67. The van der Waals surface area contributed by atoms with Crippen LogP contribution in [0.5, 0.6) is 5.75 Å². The number of hydrogen-bond acceptors (Lipinski definition) is 5. The molecule has 0 aliphatic rings. The third-order valence-electron chi connectivity index (χ3n) is 3.84. The number of anilines is 1. The number of fused-ring (bicyclic) bond motifs is 1. The molecule has 3 aromatic rings. The van der Waals surface area contributed by atoms with Gasteiger partial charge >= 0.3 is 6.03 Å². The fraction of sp³-hybridized carbons (Fsp3) is 0.222. The Morgan fingerprint density at radius 2 is 2.03 bits per heavy atom. The molecule has 0 aliphatic heterocycles. The van der Waals surface area contributed by atoms with Crippen LogP contribution >= 0.6 is 34.5 Å². The summed E-state index contributed by atoms with van der Waals surface area (Å²) < 4.78 is 34.0. The van der Waals surface area contributed by atoms with E-state index in [-0.39, 0.29) is 23.8 Å². The van der Waals surface area contributed by atoms with Gasteiger partial charge in [0, 0.05) is 36.7 Å². The number of hydrogen-bond donors (Lipinski definition) is 3. The number of ether oxygens (including phenoxy) is 1. The van der Waals surface area contributed by atoms with Gasteiger partial charge in [0.25, 0.3) is 0 Å². The summed E-state index contributed by atoms with van der Waals surface area (Å²) in [6.45, 7) is 0.671. The molecule has 3 rings (SSSR count). The number of urea groups is 1. The lowest BCUT2D eigenvalue weighted by Gasteiger charge is -2.10. The van der Waals surface area contributed by atoms with E-state index in [1.807, 2.05) is 0 Å². The summed E-state index contributed by atoms with van der Waals surface area (Å²) in [6.07, 6.45) is 0.198. The number of amides is 2. The first-order chi connectivity index (χ1) is 13.9. The molecule has 11 heteroatoms. The van der Waals surface area contributed by atoms with Crippen molar-refractivity contribution in [2.75, 3.05) is 25.0 Å². The summed E-state index contributed by atoms with van der Waals surface area (Å²) >= 11 is 13.1. The number of thiazole rings is 1. The molecular weight excluding hydrogens is 445 g/mol. The van der Waals surface area contributed by atoms with E-state index in [9.17, 15) is 13.6 Å². The van der Waals surface area contributed by atoms with Crippen LogP contribution in [-0.4, -0.2) is 30.7 Å². The predicted octanol–water partition coefficient (Wildman–Crippen LogP) is 4.58. The van der Waals surface area contributed by atoms with Crippen LogP contribution in [-0.2, 0) is 6.42 Å². The van der Waals surface area contributed by atoms with Crippen LogP contribution < -0.4 is 21.1 Å². The number of nitrogens with two attached hydrogens (primary N) is 1. The van der Waals surface area contributed by atoms with Gasteiger partial charge in [-0.3, -0.25) is 5.32 Å². The molecule has 0 saturated carbocycles. The molecule has 2 aromatic carbocycles. The molecular formula is C18H16Cl2F2N4O2S. The average Bonchev–Trinajstić information content (AvgIpc) is 3.06. The summed E-state index contributed by atoms with van der Waals surface area (Å²) in [4.78, 5) is 15.8. The molecule has 0 bridgehead atoms. The smallest absolute Gasteiger partial charge is 0.321 e. The number of nitrogens with one attached hydrogen (secondary N) is 2. The molecule has 1 aromatic heterocycles. The van der Waals surface area contributed by atoms with Gasteiger partial charge in [0.05, 0.1) is 21.8 Å². The normalized spacial score (nSPS) is 10.9. The number of benzene rings is 2. The Morgan fingerprint density at radius 3 is 2.79 bits per heavy atom. The Balaban J connectivity index is 1.69. The lowest BCUT2D eigenvalue weighted by molar-refractivity contribution is 0.252. The molecule has 1 heterocycles. The van der Waals surface area contributed by atoms with Crippen molar-refractivity contribution in [1.82, 2.24) is 10.3 Å². The summed E-state index contributed by atoms with van der Waals surface area (Å²) in [5.74, 6) is -1.19. The molecule has 2 amide bonds. The second kappa shape index (κ2) is 9.53. The van der Waals surface area contributed by atoms with E-state index in [0.29, 0.717) is 39.0 Å². The molecule has 0 saturated heterocycles. The largest absolute Gasteiger partial charge is 0.490 e. The van der Waals surface area contributed by atoms with Gasteiger partial charge in [0.2, 0.25) is 0 Å². The van der Waals surface area contributed by atoms with Crippen molar-refractivity contribution in [3.8, 4) is 5.75 Å². The molecule has 154 valence electrons. The monoisotopic (exact) mass is 460 g/mol. The number of rotatable bonds is 7. The summed E-state index contributed by atoms with van der Waals surface area (Å²) in [6, 6.07) is 4.83. The summed E-state index contributed by atoms with van der Waals surface area (Å²) in [7, 11) is 0. The van der Waals surface area contributed by atoms with E-state index >= 15 is 0 Å². The van der Waals surface area contributed by atoms with E-state index in [1.165, 1.54) is 35.6 Å². The van der Waals surface area contributed by atoms with Crippen molar-refractivity contribution in [3.05, 3.63) is 51.5 Å². The topological polar surface area (TPSA) is 89.3 Å². The lowest BCUT2D eigenvalue weighted by Crippen LogP contribution is -2.32. The lowest BCUT2D eigenvalue weighted by atomic mass is 10.1. The molecule has 0 radical (unpaired) electrons. The number of aromatic nitrogens is 1. The zero-order valence-corrected chi connectivity index (χ0v) is 17.2. The highest BCUT2D eigenvalue weighted by Gasteiger charge is 2.14. The van der Waals surface area contributed by atoms with Gasteiger partial charge in [0.15, 0.2) is 16.7 Å². The quantitative estimate of drug-likeness (QED) is 0.450. The summed E-state index contributed by atoms with van der Waals surface area (Å²) in [5.41, 5.74) is 6.09. The average molecular weight is 461 g/mol. The van der Waals surface area contributed by atoms with Crippen LogP contribution in [0, 0.1) is 11.6 Å². The molecule has 0 spiro atoms.